The van der Waals surface area contributed by atoms with E-state index in [0.29, 0.717) is 18.5 Å². The summed E-state index contributed by atoms with van der Waals surface area (Å²) in [5.74, 6) is 0.234. The Morgan fingerprint density at radius 2 is 1.81 bits per heavy atom. The molecule has 0 atom stereocenters. The number of aromatic hydroxyl groups is 2. The van der Waals surface area contributed by atoms with Crippen molar-refractivity contribution in [1.29, 1.82) is 0 Å². The summed E-state index contributed by atoms with van der Waals surface area (Å²) in [4.78, 5) is 0. The van der Waals surface area contributed by atoms with Gasteiger partial charge in [0.25, 0.3) is 0 Å². The summed E-state index contributed by atoms with van der Waals surface area (Å²) in [5, 5.41) is 39.2. The fourth-order valence-electron chi connectivity index (χ4n) is 1.37. The summed E-state index contributed by atoms with van der Waals surface area (Å²) < 4.78 is 0. The van der Waals surface area contributed by atoms with Crippen LogP contribution in [0.4, 0.5) is 0 Å². The third kappa shape index (κ3) is 3.69. The van der Waals surface area contributed by atoms with Crippen molar-refractivity contribution in [2.75, 3.05) is 19.8 Å². The zero-order chi connectivity index (χ0) is 12.0. The minimum atomic E-state index is -0.348. The second-order valence-corrected chi connectivity index (χ2v) is 3.58. The molecule has 0 amide bonds. The van der Waals surface area contributed by atoms with Gasteiger partial charge in [0.2, 0.25) is 0 Å². The smallest absolute Gasteiger partial charge is 0.119 e. The van der Waals surface area contributed by atoms with Crippen LogP contribution in [0.15, 0.2) is 18.2 Å². The van der Waals surface area contributed by atoms with E-state index in [0.717, 1.165) is 0 Å². The molecule has 0 aromatic heterocycles. The number of nitrogens with one attached hydrogen (secondary N) is 1. The Kier molecular flexibility index (Phi) is 5.04. The number of rotatable bonds is 6. The van der Waals surface area contributed by atoms with Crippen LogP contribution in [0.5, 0.6) is 11.5 Å². The van der Waals surface area contributed by atoms with Gasteiger partial charge in [-0.05, 0) is 36.7 Å². The van der Waals surface area contributed by atoms with Crippen molar-refractivity contribution in [2.24, 2.45) is 0 Å². The highest BCUT2D eigenvalue weighted by Gasteiger charge is 2.06. The average molecular weight is 227 g/mol. The molecule has 0 fully saturated rings. The zero-order valence-corrected chi connectivity index (χ0v) is 8.93. The monoisotopic (exact) mass is 227 g/mol. The summed E-state index contributed by atoms with van der Waals surface area (Å²) >= 11 is 0. The molecule has 0 aliphatic rings. The highest BCUT2D eigenvalue weighted by atomic mass is 16.3. The van der Waals surface area contributed by atoms with E-state index in [9.17, 15) is 10.2 Å². The van der Waals surface area contributed by atoms with Crippen molar-refractivity contribution >= 4 is 0 Å². The molecule has 16 heavy (non-hydrogen) atoms. The third-order valence-electron chi connectivity index (χ3n) is 2.33. The Hall–Kier alpha value is -1.30. The molecule has 0 aliphatic heterocycles. The maximum atomic E-state index is 9.48. The van der Waals surface area contributed by atoms with Gasteiger partial charge in [0.05, 0.1) is 19.3 Å². The van der Waals surface area contributed by atoms with Crippen LogP contribution in [0.3, 0.4) is 0 Å². The lowest BCUT2D eigenvalue weighted by Crippen LogP contribution is -2.36. The predicted molar refractivity (Wildman–Crippen MR) is 59.4 cm³/mol. The lowest BCUT2D eigenvalue weighted by Gasteiger charge is -2.13. The molecule has 1 aromatic carbocycles. The Morgan fingerprint density at radius 3 is 2.44 bits per heavy atom. The molecule has 0 unspecified atom stereocenters. The molecule has 0 bridgehead atoms. The van der Waals surface area contributed by atoms with Gasteiger partial charge in [-0.15, -0.1) is 0 Å². The fourth-order valence-corrected chi connectivity index (χ4v) is 1.37. The van der Waals surface area contributed by atoms with Crippen LogP contribution >= 0.6 is 0 Å². The van der Waals surface area contributed by atoms with Crippen LogP contribution in [0, 0.1) is 0 Å². The average Bonchev–Trinajstić information content (AvgIpc) is 2.29. The molecule has 0 radical (unpaired) electrons. The summed E-state index contributed by atoms with van der Waals surface area (Å²) in [6.07, 6.45) is 0.511. The molecule has 0 saturated heterocycles. The molecular formula is C11H17NO4. The summed E-state index contributed by atoms with van der Waals surface area (Å²) in [7, 11) is 0. The number of aliphatic hydroxyl groups excluding tert-OH is 2. The number of hydrogen-bond donors (Lipinski definition) is 5. The first-order valence-electron chi connectivity index (χ1n) is 5.13. The highest BCUT2D eigenvalue weighted by molar-refractivity contribution is 5.38. The molecule has 5 N–H and O–H groups in total. The standard InChI is InChI=1S/C11H17NO4/c13-6-9(7-14)12-4-3-8-5-10(15)1-2-11(8)16/h1-2,5,9,12-16H,3-4,6-7H2. The summed E-state index contributed by atoms with van der Waals surface area (Å²) in [6, 6.07) is 3.99. The van der Waals surface area contributed by atoms with E-state index in [1.807, 2.05) is 0 Å². The van der Waals surface area contributed by atoms with Crippen molar-refractivity contribution in [2.45, 2.75) is 12.5 Å². The van der Waals surface area contributed by atoms with E-state index in [-0.39, 0.29) is 30.8 Å². The molecule has 0 aliphatic carbocycles. The van der Waals surface area contributed by atoms with Gasteiger partial charge in [-0.3, -0.25) is 0 Å². The second kappa shape index (κ2) is 6.32. The fraction of sp³-hybridized carbons (Fsp3) is 0.455. The second-order valence-electron chi connectivity index (χ2n) is 3.58. The van der Waals surface area contributed by atoms with Gasteiger partial charge in [-0.25, -0.2) is 0 Å². The van der Waals surface area contributed by atoms with Crippen LogP contribution < -0.4 is 5.32 Å². The van der Waals surface area contributed by atoms with Crippen LogP contribution in [-0.4, -0.2) is 46.2 Å². The molecule has 0 spiro atoms. The molecular weight excluding hydrogens is 210 g/mol. The van der Waals surface area contributed by atoms with Gasteiger partial charge in [-0.2, -0.15) is 0 Å². The van der Waals surface area contributed by atoms with E-state index in [2.05, 4.69) is 5.32 Å². The minimum Gasteiger partial charge on any atom is -0.508 e. The van der Waals surface area contributed by atoms with Crippen LogP contribution in [0.1, 0.15) is 5.56 Å². The van der Waals surface area contributed by atoms with Crippen molar-refractivity contribution in [3.05, 3.63) is 23.8 Å². The van der Waals surface area contributed by atoms with Crippen LogP contribution in [0.2, 0.25) is 0 Å². The molecule has 0 saturated carbocycles. The maximum absolute atomic E-state index is 9.48. The lowest BCUT2D eigenvalue weighted by molar-refractivity contribution is 0.171. The number of phenolic OH excluding ortho intramolecular Hbond substituents is 2. The van der Waals surface area contributed by atoms with Crippen LogP contribution in [-0.2, 0) is 6.42 Å². The molecule has 5 heteroatoms. The number of phenols is 2. The maximum Gasteiger partial charge on any atom is 0.119 e. The summed E-state index contributed by atoms with van der Waals surface area (Å²) in [6.45, 7) is 0.230. The Balaban J connectivity index is 2.45. The van der Waals surface area contributed by atoms with Gasteiger partial charge in [0.1, 0.15) is 11.5 Å². The van der Waals surface area contributed by atoms with E-state index < -0.39 is 0 Å². The lowest BCUT2D eigenvalue weighted by atomic mass is 10.1. The summed E-state index contributed by atoms with van der Waals surface area (Å²) in [5.41, 5.74) is 0.627. The first-order chi connectivity index (χ1) is 7.67. The zero-order valence-electron chi connectivity index (χ0n) is 8.93. The third-order valence-corrected chi connectivity index (χ3v) is 2.33. The van der Waals surface area contributed by atoms with E-state index in [1.54, 1.807) is 0 Å². The van der Waals surface area contributed by atoms with E-state index in [1.165, 1.54) is 18.2 Å². The molecule has 1 rings (SSSR count). The Bertz CT molecular complexity index is 326. The quantitative estimate of drug-likeness (QED) is 0.426. The van der Waals surface area contributed by atoms with Gasteiger partial charge in [0, 0.05) is 0 Å². The largest absolute Gasteiger partial charge is 0.508 e. The molecule has 1 aromatic rings. The SMILES string of the molecule is OCC(CO)NCCc1cc(O)ccc1O. The predicted octanol–water partition coefficient (Wildman–Crippen LogP) is -0.417. The first kappa shape index (κ1) is 12.8. The normalized spacial score (nSPS) is 10.9. The Morgan fingerprint density at radius 1 is 1.12 bits per heavy atom. The topological polar surface area (TPSA) is 93.0 Å². The van der Waals surface area contributed by atoms with E-state index >= 15 is 0 Å². The van der Waals surface area contributed by atoms with E-state index in [4.69, 9.17) is 10.2 Å². The molecule has 90 valence electrons. The Labute approximate surface area is 94.0 Å². The van der Waals surface area contributed by atoms with Crippen LogP contribution in [0.25, 0.3) is 0 Å². The van der Waals surface area contributed by atoms with Crippen molar-refractivity contribution in [3.8, 4) is 11.5 Å². The molecule has 5 nitrogen and oxygen atoms in total. The van der Waals surface area contributed by atoms with Crippen molar-refractivity contribution in [1.82, 2.24) is 5.32 Å². The van der Waals surface area contributed by atoms with Gasteiger partial charge >= 0.3 is 0 Å². The van der Waals surface area contributed by atoms with Gasteiger partial charge < -0.3 is 25.7 Å². The number of hydrogen-bond acceptors (Lipinski definition) is 5. The number of benzene rings is 1. The highest BCUT2D eigenvalue weighted by Crippen LogP contribution is 2.22. The van der Waals surface area contributed by atoms with Gasteiger partial charge in [0.15, 0.2) is 0 Å². The number of aliphatic hydroxyl groups is 2. The molecule has 0 heterocycles. The first-order valence-corrected chi connectivity index (χ1v) is 5.13. The van der Waals surface area contributed by atoms with Crippen molar-refractivity contribution < 1.29 is 20.4 Å². The minimum absolute atomic E-state index is 0.105. The van der Waals surface area contributed by atoms with Gasteiger partial charge in [-0.1, -0.05) is 0 Å². The van der Waals surface area contributed by atoms with Crippen molar-refractivity contribution in [3.63, 3.8) is 0 Å².